The first kappa shape index (κ1) is 26.9. The number of benzene rings is 3. The van der Waals surface area contributed by atoms with Crippen molar-refractivity contribution in [2.75, 3.05) is 37.9 Å². The number of anilines is 2. The molecule has 3 aromatic carbocycles. The lowest BCUT2D eigenvalue weighted by atomic mass is 9.91. The van der Waals surface area contributed by atoms with E-state index in [0.29, 0.717) is 0 Å². The number of allylic oxidation sites excluding steroid dienone is 2. The zero-order valence-corrected chi connectivity index (χ0v) is 23.0. The van der Waals surface area contributed by atoms with Crippen molar-refractivity contribution in [3.63, 3.8) is 0 Å². The zero-order chi connectivity index (χ0) is 26.2. The Hall–Kier alpha value is -3.66. The predicted octanol–water partition coefficient (Wildman–Crippen LogP) is 8.41. The van der Waals surface area contributed by atoms with Gasteiger partial charge in [0.25, 0.3) is 0 Å². The van der Waals surface area contributed by atoms with Gasteiger partial charge in [-0.1, -0.05) is 47.6 Å². The van der Waals surface area contributed by atoms with E-state index in [-0.39, 0.29) is 0 Å². The standard InChI is InChI=1S/C32H40N2O2/c1-21(2)13-15-33-29-11-9-25(19-31(29)35-7)27-17-24(6)28(18-23(27)5)26-10-12-30(32(20-26)36-8)34-16-14-22(3)4/h9-14,17-20,33-34H,15-16H2,1-8H3. The molecule has 0 atom stereocenters. The maximum Gasteiger partial charge on any atom is 0.142 e. The molecule has 0 bridgehead atoms. The molecule has 0 aliphatic carbocycles. The summed E-state index contributed by atoms with van der Waals surface area (Å²) in [6.45, 7) is 14.3. The molecule has 0 aliphatic heterocycles. The van der Waals surface area contributed by atoms with Gasteiger partial charge in [-0.25, -0.2) is 0 Å². The van der Waals surface area contributed by atoms with Gasteiger partial charge < -0.3 is 20.1 Å². The smallest absolute Gasteiger partial charge is 0.142 e. The van der Waals surface area contributed by atoms with Gasteiger partial charge >= 0.3 is 0 Å². The third-order valence-electron chi connectivity index (χ3n) is 6.20. The van der Waals surface area contributed by atoms with Crippen LogP contribution < -0.4 is 20.1 Å². The summed E-state index contributed by atoms with van der Waals surface area (Å²) >= 11 is 0. The number of aryl methyl sites for hydroxylation is 2. The average Bonchev–Trinajstić information content (AvgIpc) is 2.85. The number of ether oxygens (including phenoxy) is 2. The molecule has 0 saturated heterocycles. The van der Waals surface area contributed by atoms with E-state index in [1.807, 2.05) is 0 Å². The van der Waals surface area contributed by atoms with Crippen molar-refractivity contribution in [2.24, 2.45) is 0 Å². The van der Waals surface area contributed by atoms with Gasteiger partial charge in [0, 0.05) is 13.1 Å². The molecule has 0 aromatic heterocycles. The van der Waals surface area contributed by atoms with Gasteiger partial charge in [0.15, 0.2) is 0 Å². The molecule has 2 N–H and O–H groups in total. The Morgan fingerprint density at radius 3 is 1.36 bits per heavy atom. The number of nitrogens with one attached hydrogen (secondary N) is 2. The second-order valence-corrected chi connectivity index (χ2v) is 9.64. The van der Waals surface area contributed by atoms with E-state index >= 15 is 0 Å². The molecule has 36 heavy (non-hydrogen) atoms. The Bertz CT molecular complexity index is 1160. The highest BCUT2D eigenvalue weighted by Crippen LogP contribution is 2.37. The lowest BCUT2D eigenvalue weighted by Gasteiger charge is -2.17. The van der Waals surface area contributed by atoms with Crippen LogP contribution in [0, 0.1) is 13.8 Å². The fourth-order valence-corrected chi connectivity index (χ4v) is 4.18. The number of methoxy groups -OCH3 is 2. The molecular weight excluding hydrogens is 444 g/mol. The molecule has 0 aliphatic rings. The van der Waals surface area contributed by atoms with Gasteiger partial charge in [0.2, 0.25) is 0 Å². The molecule has 3 aromatic rings. The summed E-state index contributed by atoms with van der Waals surface area (Å²) in [4.78, 5) is 0. The summed E-state index contributed by atoms with van der Waals surface area (Å²) in [5, 5.41) is 6.89. The Labute approximate surface area is 217 Å². The van der Waals surface area contributed by atoms with Gasteiger partial charge in [-0.2, -0.15) is 0 Å². The minimum Gasteiger partial charge on any atom is -0.495 e. The summed E-state index contributed by atoms with van der Waals surface area (Å²) in [5.74, 6) is 1.69. The van der Waals surface area contributed by atoms with Crippen molar-refractivity contribution in [3.05, 3.63) is 83.0 Å². The normalized spacial score (nSPS) is 10.4. The highest BCUT2D eigenvalue weighted by Gasteiger charge is 2.13. The Balaban J connectivity index is 1.91. The third kappa shape index (κ3) is 6.72. The van der Waals surface area contributed by atoms with Crippen molar-refractivity contribution in [3.8, 4) is 33.8 Å². The Morgan fingerprint density at radius 2 is 1.03 bits per heavy atom. The van der Waals surface area contributed by atoms with Crippen molar-refractivity contribution >= 4 is 11.4 Å². The van der Waals surface area contributed by atoms with Crippen LogP contribution in [0.4, 0.5) is 11.4 Å². The van der Waals surface area contributed by atoms with Gasteiger partial charge in [0.05, 0.1) is 25.6 Å². The SMILES string of the molecule is COc1cc(-c2cc(C)c(-c3ccc(NCC=C(C)C)c(OC)c3)cc2C)ccc1NCC=C(C)C. The maximum absolute atomic E-state index is 5.70. The van der Waals surface area contributed by atoms with Crippen LogP contribution in [0.3, 0.4) is 0 Å². The van der Waals surface area contributed by atoms with Crippen LogP contribution in [0.2, 0.25) is 0 Å². The molecule has 0 saturated carbocycles. The van der Waals surface area contributed by atoms with E-state index in [9.17, 15) is 0 Å². The highest BCUT2D eigenvalue weighted by molar-refractivity contribution is 5.80. The van der Waals surface area contributed by atoms with Gasteiger partial charge in [-0.15, -0.1) is 0 Å². The zero-order valence-electron chi connectivity index (χ0n) is 23.0. The summed E-state index contributed by atoms with van der Waals surface area (Å²) in [7, 11) is 3.44. The molecule has 190 valence electrons. The molecule has 0 heterocycles. The number of hydrogen-bond acceptors (Lipinski definition) is 4. The van der Waals surface area contributed by atoms with E-state index in [2.05, 4.69) is 113 Å². The van der Waals surface area contributed by atoms with Crippen LogP contribution in [-0.4, -0.2) is 27.3 Å². The monoisotopic (exact) mass is 484 g/mol. The fraction of sp³-hybridized carbons (Fsp3) is 0.312. The second kappa shape index (κ2) is 12.3. The van der Waals surface area contributed by atoms with Crippen LogP contribution in [0.15, 0.2) is 71.8 Å². The van der Waals surface area contributed by atoms with Crippen molar-refractivity contribution in [2.45, 2.75) is 41.5 Å². The first-order chi connectivity index (χ1) is 17.2. The molecule has 0 unspecified atom stereocenters. The Morgan fingerprint density at radius 1 is 0.639 bits per heavy atom. The fourth-order valence-electron chi connectivity index (χ4n) is 4.18. The second-order valence-electron chi connectivity index (χ2n) is 9.64. The Kier molecular flexibility index (Phi) is 9.24. The number of rotatable bonds is 10. The predicted molar refractivity (Wildman–Crippen MR) is 156 cm³/mol. The summed E-state index contributed by atoms with van der Waals surface area (Å²) in [6.07, 6.45) is 4.33. The minimum absolute atomic E-state index is 0.775. The van der Waals surface area contributed by atoms with Crippen molar-refractivity contribution in [1.29, 1.82) is 0 Å². The molecule has 3 rings (SSSR count). The molecular formula is C32H40N2O2. The van der Waals surface area contributed by atoms with E-state index in [0.717, 1.165) is 47.1 Å². The molecule has 0 amide bonds. The van der Waals surface area contributed by atoms with Gasteiger partial charge in [-0.3, -0.25) is 0 Å². The lowest BCUT2D eigenvalue weighted by Crippen LogP contribution is -2.02. The topological polar surface area (TPSA) is 42.5 Å². The lowest BCUT2D eigenvalue weighted by molar-refractivity contribution is 0.416. The molecule has 4 heteroatoms. The third-order valence-corrected chi connectivity index (χ3v) is 6.20. The first-order valence-electron chi connectivity index (χ1n) is 12.5. The van der Waals surface area contributed by atoms with Crippen LogP contribution in [0.25, 0.3) is 22.3 Å². The average molecular weight is 485 g/mol. The van der Waals surface area contributed by atoms with E-state index in [1.165, 1.54) is 33.4 Å². The van der Waals surface area contributed by atoms with Gasteiger partial charge in [-0.05, 0) is 99.2 Å². The molecule has 0 fully saturated rings. The molecule has 0 radical (unpaired) electrons. The van der Waals surface area contributed by atoms with Crippen molar-refractivity contribution < 1.29 is 9.47 Å². The number of hydrogen-bond donors (Lipinski definition) is 2. The molecule has 0 spiro atoms. The van der Waals surface area contributed by atoms with Gasteiger partial charge in [0.1, 0.15) is 11.5 Å². The molecule has 4 nitrogen and oxygen atoms in total. The van der Waals surface area contributed by atoms with Crippen molar-refractivity contribution in [1.82, 2.24) is 0 Å². The van der Waals surface area contributed by atoms with Crippen LogP contribution >= 0.6 is 0 Å². The summed E-state index contributed by atoms with van der Waals surface area (Å²) < 4.78 is 11.4. The van der Waals surface area contributed by atoms with E-state index < -0.39 is 0 Å². The van der Waals surface area contributed by atoms with E-state index in [1.54, 1.807) is 14.2 Å². The summed E-state index contributed by atoms with van der Waals surface area (Å²) in [5.41, 5.74) is 11.7. The summed E-state index contributed by atoms with van der Waals surface area (Å²) in [6, 6.07) is 17.3. The van der Waals surface area contributed by atoms with Crippen LogP contribution in [0.5, 0.6) is 11.5 Å². The maximum atomic E-state index is 5.70. The van der Waals surface area contributed by atoms with E-state index in [4.69, 9.17) is 9.47 Å². The highest BCUT2D eigenvalue weighted by atomic mass is 16.5. The first-order valence-corrected chi connectivity index (χ1v) is 12.5. The minimum atomic E-state index is 0.775. The quantitative estimate of drug-likeness (QED) is 0.283. The van der Waals surface area contributed by atoms with Crippen LogP contribution in [0.1, 0.15) is 38.8 Å². The van der Waals surface area contributed by atoms with Crippen LogP contribution in [-0.2, 0) is 0 Å². The largest absolute Gasteiger partial charge is 0.495 e.